The molecular formula is C12H11BrCl2N2O2. The van der Waals surface area contributed by atoms with Crippen LogP contribution in [0.25, 0.3) is 11.0 Å². The van der Waals surface area contributed by atoms with E-state index < -0.39 is 0 Å². The van der Waals surface area contributed by atoms with Crippen LogP contribution in [0.2, 0.25) is 10.0 Å². The van der Waals surface area contributed by atoms with Gasteiger partial charge in [-0.15, -0.1) is 0 Å². The van der Waals surface area contributed by atoms with Crippen LogP contribution in [0.3, 0.4) is 0 Å². The van der Waals surface area contributed by atoms with Gasteiger partial charge >= 0.3 is 0 Å². The number of halogens is 3. The Kier molecular flexibility index (Phi) is 4.38. The summed E-state index contributed by atoms with van der Waals surface area (Å²) in [5, 5.41) is 0.886. The highest BCUT2D eigenvalue weighted by atomic mass is 79.9. The average molecular weight is 366 g/mol. The summed E-state index contributed by atoms with van der Waals surface area (Å²) in [7, 11) is 3.01. The highest BCUT2D eigenvalue weighted by molar-refractivity contribution is 9.09. The molecule has 0 radical (unpaired) electrons. The van der Waals surface area contributed by atoms with E-state index in [4.69, 9.17) is 32.7 Å². The first-order chi connectivity index (χ1) is 8.99. The van der Waals surface area contributed by atoms with Crippen molar-refractivity contribution in [3.63, 3.8) is 0 Å². The predicted octanol–water partition coefficient (Wildman–Crippen LogP) is 4.41. The third-order valence-corrected chi connectivity index (χ3v) is 3.87. The third kappa shape index (κ3) is 2.59. The van der Waals surface area contributed by atoms with Crippen molar-refractivity contribution >= 4 is 50.2 Å². The molecule has 0 saturated carbocycles. The van der Waals surface area contributed by atoms with Crippen LogP contribution in [0.1, 0.15) is 17.3 Å². The van der Waals surface area contributed by atoms with Gasteiger partial charge < -0.3 is 9.47 Å². The molecule has 2 aromatic rings. The lowest BCUT2D eigenvalue weighted by atomic mass is 10.1. The number of aromatic nitrogens is 2. The van der Waals surface area contributed by atoms with Crippen molar-refractivity contribution in [2.75, 3.05) is 14.2 Å². The van der Waals surface area contributed by atoms with Crippen LogP contribution in [0, 0.1) is 0 Å². The maximum absolute atomic E-state index is 6.23. The molecule has 0 aliphatic rings. The summed E-state index contributed by atoms with van der Waals surface area (Å²) in [5.41, 5.74) is 2.02. The average Bonchev–Trinajstić information content (AvgIpc) is 2.38. The number of hydrogen-bond donors (Lipinski definition) is 0. The molecule has 7 heteroatoms. The van der Waals surface area contributed by atoms with E-state index in [9.17, 15) is 0 Å². The van der Waals surface area contributed by atoms with E-state index in [0.717, 1.165) is 5.56 Å². The van der Waals surface area contributed by atoms with Crippen LogP contribution in [0.5, 0.6) is 11.8 Å². The van der Waals surface area contributed by atoms with Gasteiger partial charge in [0, 0.05) is 10.4 Å². The summed E-state index contributed by atoms with van der Waals surface area (Å²) in [6.07, 6.45) is 0. The van der Waals surface area contributed by atoms with Crippen molar-refractivity contribution < 1.29 is 9.47 Å². The molecule has 1 aromatic heterocycles. The molecule has 0 amide bonds. The minimum atomic E-state index is -0.0198. The number of methoxy groups -OCH3 is 2. The lowest BCUT2D eigenvalue weighted by molar-refractivity contribution is 0.334. The Hall–Kier alpha value is -0.780. The molecule has 4 nitrogen and oxygen atoms in total. The number of alkyl halides is 1. The zero-order chi connectivity index (χ0) is 14.2. The van der Waals surface area contributed by atoms with Crippen molar-refractivity contribution in [2.24, 2.45) is 0 Å². The number of hydrogen-bond acceptors (Lipinski definition) is 4. The smallest absolute Gasteiger partial charge is 0.278 e. The highest BCUT2D eigenvalue weighted by Crippen LogP contribution is 2.40. The normalized spacial score (nSPS) is 12.5. The van der Waals surface area contributed by atoms with E-state index >= 15 is 0 Å². The molecule has 1 unspecified atom stereocenters. The maximum Gasteiger partial charge on any atom is 0.278 e. The molecule has 19 heavy (non-hydrogen) atoms. The second-order valence-corrected chi connectivity index (χ2v) is 5.97. The second kappa shape index (κ2) is 5.69. The maximum atomic E-state index is 6.23. The summed E-state index contributed by atoms with van der Waals surface area (Å²) in [4.78, 5) is 8.72. The molecule has 1 atom stereocenters. The standard InChI is InChI=1S/C12H11BrCl2N2O2/c1-5(13)8-9(15)6(14)4-7-10(8)17-12(19-3)11(16-7)18-2/h4-5H,1-3H3. The van der Waals surface area contributed by atoms with E-state index in [1.165, 1.54) is 14.2 Å². The van der Waals surface area contributed by atoms with E-state index in [-0.39, 0.29) is 4.83 Å². The van der Waals surface area contributed by atoms with Gasteiger partial charge in [-0.05, 0) is 13.0 Å². The molecular weight excluding hydrogens is 355 g/mol. The van der Waals surface area contributed by atoms with Gasteiger partial charge in [-0.2, -0.15) is 0 Å². The number of fused-ring (bicyclic) bond motifs is 1. The molecule has 2 rings (SSSR count). The van der Waals surface area contributed by atoms with E-state index in [1.54, 1.807) is 6.07 Å². The summed E-state index contributed by atoms with van der Waals surface area (Å²) < 4.78 is 10.3. The predicted molar refractivity (Wildman–Crippen MR) is 80.0 cm³/mol. The van der Waals surface area contributed by atoms with Gasteiger partial charge in [0.1, 0.15) is 0 Å². The number of nitrogens with zero attached hydrogens (tertiary/aromatic N) is 2. The Bertz CT molecular complexity index is 635. The molecule has 0 N–H and O–H groups in total. The van der Waals surface area contributed by atoms with Crippen LogP contribution in [-0.2, 0) is 0 Å². The summed E-state index contributed by atoms with van der Waals surface area (Å²) in [5.74, 6) is 0.615. The van der Waals surface area contributed by atoms with Crippen LogP contribution >= 0.6 is 39.1 Å². The zero-order valence-electron chi connectivity index (χ0n) is 10.5. The first kappa shape index (κ1) is 14.6. The van der Waals surface area contributed by atoms with Crippen LogP contribution in [0.15, 0.2) is 6.07 Å². The molecule has 1 heterocycles. The van der Waals surface area contributed by atoms with Gasteiger partial charge in [0.15, 0.2) is 0 Å². The van der Waals surface area contributed by atoms with Crippen LogP contribution < -0.4 is 9.47 Å². The quantitative estimate of drug-likeness (QED) is 0.755. The van der Waals surface area contributed by atoms with E-state index in [2.05, 4.69) is 25.9 Å². The lowest BCUT2D eigenvalue weighted by Crippen LogP contribution is -2.00. The lowest BCUT2D eigenvalue weighted by Gasteiger charge is -2.13. The molecule has 0 fully saturated rings. The first-order valence-corrected chi connectivity index (χ1v) is 7.08. The van der Waals surface area contributed by atoms with Crippen molar-refractivity contribution in [1.82, 2.24) is 9.97 Å². The summed E-state index contributed by atoms with van der Waals surface area (Å²) in [6.45, 7) is 1.94. The summed E-state index contributed by atoms with van der Waals surface area (Å²) in [6, 6.07) is 1.66. The molecule has 0 aliphatic carbocycles. The van der Waals surface area contributed by atoms with Crippen molar-refractivity contribution in [1.29, 1.82) is 0 Å². The van der Waals surface area contributed by atoms with Gasteiger partial charge in [0.25, 0.3) is 11.8 Å². The Morgan fingerprint density at radius 3 is 2.26 bits per heavy atom. The van der Waals surface area contributed by atoms with Crippen molar-refractivity contribution in [3.05, 3.63) is 21.7 Å². The van der Waals surface area contributed by atoms with Gasteiger partial charge in [-0.1, -0.05) is 39.1 Å². The van der Waals surface area contributed by atoms with Crippen molar-refractivity contribution in [2.45, 2.75) is 11.8 Å². The van der Waals surface area contributed by atoms with Gasteiger partial charge in [-0.3, -0.25) is 0 Å². The topological polar surface area (TPSA) is 44.2 Å². The van der Waals surface area contributed by atoms with Gasteiger partial charge in [0.05, 0.1) is 35.3 Å². The highest BCUT2D eigenvalue weighted by Gasteiger charge is 2.19. The largest absolute Gasteiger partial charge is 0.477 e. The second-order valence-electron chi connectivity index (χ2n) is 3.81. The Labute approximate surface area is 129 Å². The van der Waals surface area contributed by atoms with E-state index in [0.29, 0.717) is 32.8 Å². The SMILES string of the molecule is COc1nc2cc(Cl)c(Cl)c(C(C)Br)c2nc1OC. The minimum absolute atomic E-state index is 0.0198. The fraction of sp³-hybridized carbons (Fsp3) is 0.333. The first-order valence-electron chi connectivity index (χ1n) is 5.41. The van der Waals surface area contributed by atoms with Crippen LogP contribution in [-0.4, -0.2) is 24.2 Å². The third-order valence-electron chi connectivity index (χ3n) is 2.61. The van der Waals surface area contributed by atoms with Gasteiger partial charge in [0.2, 0.25) is 0 Å². The monoisotopic (exact) mass is 364 g/mol. The molecule has 0 aliphatic heterocycles. The summed E-state index contributed by atoms with van der Waals surface area (Å²) >= 11 is 15.8. The fourth-order valence-electron chi connectivity index (χ4n) is 1.76. The minimum Gasteiger partial charge on any atom is -0.477 e. The molecule has 0 bridgehead atoms. The van der Waals surface area contributed by atoms with Crippen molar-refractivity contribution in [3.8, 4) is 11.8 Å². The Morgan fingerprint density at radius 2 is 1.74 bits per heavy atom. The Balaban J connectivity index is 2.87. The van der Waals surface area contributed by atoms with E-state index in [1.807, 2.05) is 6.92 Å². The number of ether oxygens (including phenoxy) is 2. The number of rotatable bonds is 3. The number of benzene rings is 1. The molecule has 0 saturated heterocycles. The molecule has 1 aromatic carbocycles. The zero-order valence-corrected chi connectivity index (χ0v) is 13.6. The molecule has 0 spiro atoms. The van der Waals surface area contributed by atoms with Crippen LogP contribution in [0.4, 0.5) is 0 Å². The molecule has 102 valence electrons. The fourth-order valence-corrected chi connectivity index (χ4v) is 2.85. The Morgan fingerprint density at radius 1 is 1.16 bits per heavy atom. The van der Waals surface area contributed by atoms with Gasteiger partial charge in [-0.25, -0.2) is 9.97 Å².